The van der Waals surface area contributed by atoms with Crippen molar-refractivity contribution in [3.63, 3.8) is 0 Å². The van der Waals surface area contributed by atoms with Crippen LogP contribution in [0.1, 0.15) is 28.9 Å². The molecule has 1 amide bonds. The second-order valence-electron chi connectivity index (χ2n) is 4.81. The van der Waals surface area contributed by atoms with Crippen LogP contribution in [0, 0.1) is 0 Å². The fourth-order valence-corrected chi connectivity index (χ4v) is 4.10. The molecule has 92 valence electrons. The molecule has 1 aromatic rings. The predicted molar refractivity (Wildman–Crippen MR) is 72.5 cm³/mol. The molecule has 0 saturated carbocycles. The van der Waals surface area contributed by atoms with Crippen molar-refractivity contribution in [1.82, 2.24) is 10.2 Å². The second-order valence-corrected chi connectivity index (χ2v) is 6.63. The first kappa shape index (κ1) is 11.7. The van der Waals surface area contributed by atoms with Crippen LogP contribution < -0.4 is 5.32 Å². The van der Waals surface area contributed by atoms with Crippen molar-refractivity contribution < 1.29 is 4.79 Å². The first-order chi connectivity index (χ1) is 8.22. The lowest BCUT2D eigenvalue weighted by Gasteiger charge is -2.23. The monoisotopic (exact) mass is 314 g/mol. The molecule has 2 unspecified atom stereocenters. The van der Waals surface area contributed by atoms with Crippen molar-refractivity contribution in [2.75, 3.05) is 13.1 Å². The summed E-state index contributed by atoms with van der Waals surface area (Å²) >= 11 is 4.92. The number of amides is 1. The number of carbonyl (C=O) groups excluding carboxylic acids is 1. The van der Waals surface area contributed by atoms with Crippen LogP contribution in [-0.2, 0) is 0 Å². The number of hydrogen-bond acceptors (Lipinski definition) is 3. The van der Waals surface area contributed by atoms with Crippen molar-refractivity contribution in [1.29, 1.82) is 0 Å². The summed E-state index contributed by atoms with van der Waals surface area (Å²) in [6, 6.07) is 3.06. The molecule has 3 nitrogen and oxygen atoms in total. The summed E-state index contributed by atoms with van der Waals surface area (Å²) in [6.45, 7) is 1.76. The molecule has 2 aliphatic heterocycles. The summed E-state index contributed by atoms with van der Waals surface area (Å²) < 4.78 is 1.00. The van der Waals surface area contributed by atoms with E-state index in [4.69, 9.17) is 0 Å². The van der Waals surface area contributed by atoms with Crippen molar-refractivity contribution in [2.24, 2.45) is 0 Å². The van der Waals surface area contributed by atoms with Crippen LogP contribution in [-0.4, -0.2) is 36.0 Å². The lowest BCUT2D eigenvalue weighted by atomic mass is 10.1. The number of fused-ring (bicyclic) bond motifs is 2. The third-order valence-corrected chi connectivity index (χ3v) is 5.27. The zero-order valence-electron chi connectivity index (χ0n) is 9.49. The van der Waals surface area contributed by atoms with E-state index in [0.717, 1.165) is 28.9 Å². The number of likely N-dealkylation sites (tertiary alicyclic amines) is 1. The van der Waals surface area contributed by atoms with Crippen LogP contribution in [0.2, 0.25) is 0 Å². The van der Waals surface area contributed by atoms with Crippen LogP contribution >= 0.6 is 27.3 Å². The van der Waals surface area contributed by atoms with Gasteiger partial charge in [-0.05, 0) is 41.3 Å². The zero-order chi connectivity index (χ0) is 11.8. The number of hydrogen-bond donors (Lipinski definition) is 1. The molecule has 0 aromatic carbocycles. The zero-order valence-corrected chi connectivity index (χ0v) is 11.9. The van der Waals surface area contributed by atoms with E-state index < -0.39 is 0 Å². The van der Waals surface area contributed by atoms with Gasteiger partial charge in [0.25, 0.3) is 5.91 Å². The molecular weight excluding hydrogens is 300 g/mol. The highest BCUT2D eigenvalue weighted by molar-refractivity contribution is 9.10. The Morgan fingerprint density at radius 1 is 1.41 bits per heavy atom. The van der Waals surface area contributed by atoms with Gasteiger partial charge in [-0.25, -0.2) is 0 Å². The molecule has 0 radical (unpaired) electrons. The molecule has 1 N–H and O–H groups in total. The van der Waals surface area contributed by atoms with Gasteiger partial charge < -0.3 is 10.2 Å². The third-order valence-electron chi connectivity index (χ3n) is 3.59. The molecular formula is C12H15BrN2OS. The number of halogens is 1. The van der Waals surface area contributed by atoms with Crippen LogP contribution in [0.15, 0.2) is 15.9 Å². The van der Waals surface area contributed by atoms with E-state index in [1.54, 1.807) is 0 Å². The highest BCUT2D eigenvalue weighted by atomic mass is 79.9. The Labute approximate surface area is 113 Å². The molecule has 3 heterocycles. The van der Waals surface area contributed by atoms with E-state index in [9.17, 15) is 4.79 Å². The van der Waals surface area contributed by atoms with Gasteiger partial charge in [-0.15, -0.1) is 11.3 Å². The quantitative estimate of drug-likeness (QED) is 0.863. The standard InChI is InChI=1S/C12H15BrN2OS/c13-8-5-11(17-7-8)12(16)15-4-3-9-1-2-10(6-15)14-9/h5,7,9-10,14H,1-4,6H2. The average molecular weight is 315 g/mol. The van der Waals surface area contributed by atoms with Gasteiger partial charge >= 0.3 is 0 Å². The maximum absolute atomic E-state index is 12.3. The van der Waals surface area contributed by atoms with Crippen LogP contribution in [0.5, 0.6) is 0 Å². The van der Waals surface area contributed by atoms with Crippen LogP contribution in [0.25, 0.3) is 0 Å². The lowest BCUT2D eigenvalue weighted by Crippen LogP contribution is -2.38. The summed E-state index contributed by atoms with van der Waals surface area (Å²) in [5.74, 6) is 0.190. The molecule has 3 rings (SSSR count). The molecule has 0 spiro atoms. The van der Waals surface area contributed by atoms with Gasteiger partial charge in [-0.3, -0.25) is 4.79 Å². The van der Waals surface area contributed by atoms with E-state index in [1.165, 1.54) is 24.2 Å². The van der Waals surface area contributed by atoms with Crippen LogP contribution in [0.4, 0.5) is 0 Å². The van der Waals surface area contributed by atoms with E-state index in [0.29, 0.717) is 12.1 Å². The molecule has 2 atom stereocenters. The van der Waals surface area contributed by atoms with Gasteiger partial charge in [0.1, 0.15) is 0 Å². The van der Waals surface area contributed by atoms with Crippen LogP contribution in [0.3, 0.4) is 0 Å². The number of carbonyl (C=O) groups is 1. The summed E-state index contributed by atoms with van der Waals surface area (Å²) in [4.78, 5) is 15.2. The molecule has 5 heteroatoms. The van der Waals surface area contributed by atoms with E-state index in [2.05, 4.69) is 21.2 Å². The number of rotatable bonds is 1. The Morgan fingerprint density at radius 2 is 2.24 bits per heavy atom. The van der Waals surface area contributed by atoms with Crippen molar-refractivity contribution >= 4 is 33.2 Å². The minimum Gasteiger partial charge on any atom is -0.336 e. The van der Waals surface area contributed by atoms with Crippen molar-refractivity contribution in [3.05, 3.63) is 20.8 Å². The Bertz CT molecular complexity index is 434. The largest absolute Gasteiger partial charge is 0.336 e. The predicted octanol–water partition coefficient (Wildman–Crippen LogP) is 2.48. The van der Waals surface area contributed by atoms with Crippen molar-refractivity contribution in [2.45, 2.75) is 31.3 Å². The minimum absolute atomic E-state index is 0.190. The lowest BCUT2D eigenvalue weighted by molar-refractivity contribution is 0.0753. The Kier molecular flexibility index (Phi) is 3.23. The van der Waals surface area contributed by atoms with Gasteiger partial charge in [0.15, 0.2) is 0 Å². The number of thiophene rings is 1. The first-order valence-corrected chi connectivity index (χ1v) is 7.69. The smallest absolute Gasteiger partial charge is 0.264 e. The fraction of sp³-hybridized carbons (Fsp3) is 0.583. The molecule has 2 aliphatic rings. The molecule has 0 aliphatic carbocycles. The van der Waals surface area contributed by atoms with E-state index >= 15 is 0 Å². The normalized spacial score (nSPS) is 28.2. The molecule has 17 heavy (non-hydrogen) atoms. The first-order valence-electron chi connectivity index (χ1n) is 6.02. The highest BCUT2D eigenvalue weighted by Crippen LogP contribution is 2.25. The maximum atomic E-state index is 12.3. The fourth-order valence-electron chi connectivity index (χ4n) is 2.71. The highest BCUT2D eigenvalue weighted by Gasteiger charge is 2.31. The Morgan fingerprint density at radius 3 is 3.00 bits per heavy atom. The second kappa shape index (κ2) is 4.71. The third kappa shape index (κ3) is 2.41. The van der Waals surface area contributed by atoms with Gasteiger partial charge in [-0.2, -0.15) is 0 Å². The summed E-state index contributed by atoms with van der Waals surface area (Å²) in [7, 11) is 0. The number of nitrogens with zero attached hydrogens (tertiary/aromatic N) is 1. The summed E-state index contributed by atoms with van der Waals surface area (Å²) in [5.41, 5.74) is 0. The van der Waals surface area contributed by atoms with Gasteiger partial charge in [0, 0.05) is 35.0 Å². The number of nitrogens with one attached hydrogen (secondary N) is 1. The summed E-state index contributed by atoms with van der Waals surface area (Å²) in [6.07, 6.45) is 3.58. The molecule has 1 aromatic heterocycles. The van der Waals surface area contributed by atoms with Gasteiger partial charge in [0.05, 0.1) is 4.88 Å². The van der Waals surface area contributed by atoms with Gasteiger partial charge in [0.2, 0.25) is 0 Å². The Hall–Kier alpha value is -0.390. The molecule has 2 bridgehead atoms. The van der Waals surface area contributed by atoms with E-state index in [-0.39, 0.29) is 5.91 Å². The van der Waals surface area contributed by atoms with Crippen molar-refractivity contribution in [3.8, 4) is 0 Å². The van der Waals surface area contributed by atoms with Gasteiger partial charge in [-0.1, -0.05) is 0 Å². The molecule has 2 saturated heterocycles. The maximum Gasteiger partial charge on any atom is 0.264 e. The summed E-state index contributed by atoms with van der Waals surface area (Å²) in [5, 5.41) is 5.56. The average Bonchev–Trinajstić information content (AvgIpc) is 2.84. The Balaban J connectivity index is 1.73. The topological polar surface area (TPSA) is 32.3 Å². The molecule has 2 fully saturated rings. The SMILES string of the molecule is O=C(c1cc(Br)cs1)N1CCC2CCC(C1)N2. The van der Waals surface area contributed by atoms with E-state index in [1.807, 2.05) is 16.3 Å². The minimum atomic E-state index is 0.190.